The van der Waals surface area contributed by atoms with E-state index < -0.39 is 0 Å². The zero-order valence-corrected chi connectivity index (χ0v) is 9.60. The fraction of sp³-hybridized carbons (Fsp3) is 0.818. The molecule has 0 aromatic rings. The van der Waals surface area contributed by atoms with E-state index in [1.54, 1.807) is 0 Å². The maximum atomic E-state index is 2.37. The Kier molecular flexibility index (Phi) is 11.3. The van der Waals surface area contributed by atoms with E-state index >= 15 is 0 Å². The fourth-order valence-electron chi connectivity index (χ4n) is 1.07. The van der Waals surface area contributed by atoms with Crippen LogP contribution >= 0.6 is 8.58 Å². The molecule has 0 rings (SSSR count). The van der Waals surface area contributed by atoms with Crippen LogP contribution in [0.5, 0.6) is 0 Å². The van der Waals surface area contributed by atoms with E-state index in [9.17, 15) is 0 Å². The van der Waals surface area contributed by atoms with E-state index in [2.05, 4.69) is 25.7 Å². The molecule has 0 N–H and O–H groups in total. The number of hydrogen-bond donors (Lipinski definition) is 0. The van der Waals surface area contributed by atoms with Crippen molar-refractivity contribution in [3.63, 3.8) is 0 Å². The molecule has 0 aromatic heterocycles. The third kappa shape index (κ3) is 10.2. The van der Waals surface area contributed by atoms with Gasteiger partial charge in [-0.05, 0) is 19.0 Å². The normalized spacial score (nSPS) is 12.2. The molecule has 1 unspecified atom stereocenters. The molecule has 12 heavy (non-hydrogen) atoms. The molecule has 0 aliphatic rings. The van der Waals surface area contributed by atoms with E-state index in [-0.39, 0.29) is 0 Å². The van der Waals surface area contributed by atoms with Gasteiger partial charge in [0.05, 0.1) is 0 Å². The van der Waals surface area contributed by atoms with Crippen LogP contribution in [-0.4, -0.2) is 6.16 Å². The molecule has 0 fully saturated rings. The van der Waals surface area contributed by atoms with Gasteiger partial charge >= 0.3 is 0 Å². The van der Waals surface area contributed by atoms with Gasteiger partial charge in [-0.15, -0.1) is 0 Å². The maximum Gasteiger partial charge on any atom is -0.0319 e. The summed E-state index contributed by atoms with van der Waals surface area (Å²) in [6.45, 7) is 4.50. The molecule has 1 atom stereocenters. The highest BCUT2D eigenvalue weighted by molar-refractivity contribution is 7.41. The van der Waals surface area contributed by atoms with Crippen molar-refractivity contribution in [3.05, 3.63) is 11.9 Å². The lowest BCUT2D eigenvalue weighted by molar-refractivity contribution is 0.706. The second-order valence-electron chi connectivity index (χ2n) is 3.21. The molecule has 0 aliphatic carbocycles. The van der Waals surface area contributed by atoms with Crippen LogP contribution in [0.4, 0.5) is 0 Å². The van der Waals surface area contributed by atoms with E-state index in [1.807, 2.05) is 0 Å². The largest absolute Gasteiger partial charge is 0.0987 e. The highest BCUT2D eigenvalue weighted by Crippen LogP contribution is 2.15. The molecule has 0 aliphatic heterocycles. The Hall–Kier alpha value is 0.170. The first-order valence-corrected chi connectivity index (χ1v) is 6.58. The zero-order chi connectivity index (χ0) is 9.07. The molecule has 0 amide bonds. The average molecular weight is 186 g/mol. The van der Waals surface area contributed by atoms with Gasteiger partial charge in [0.1, 0.15) is 0 Å². The monoisotopic (exact) mass is 186 g/mol. The second-order valence-corrected chi connectivity index (χ2v) is 4.45. The lowest BCUT2D eigenvalue weighted by atomic mass is 10.2. The summed E-state index contributed by atoms with van der Waals surface area (Å²) in [5.74, 6) is 2.37. The van der Waals surface area contributed by atoms with E-state index in [0.29, 0.717) is 0 Å². The van der Waals surface area contributed by atoms with Gasteiger partial charge in [-0.2, -0.15) is 0 Å². The number of unbranched alkanes of at least 4 members (excludes halogenated alkanes) is 4. The molecule has 0 saturated carbocycles. The van der Waals surface area contributed by atoms with E-state index in [0.717, 1.165) is 8.58 Å². The van der Waals surface area contributed by atoms with Crippen molar-refractivity contribution in [1.82, 2.24) is 0 Å². The Balaban J connectivity index is 2.90. The van der Waals surface area contributed by atoms with Crippen molar-refractivity contribution in [2.75, 3.05) is 6.16 Å². The summed E-state index contributed by atoms with van der Waals surface area (Å²) >= 11 is 0. The predicted molar refractivity (Wildman–Crippen MR) is 61.4 cm³/mol. The van der Waals surface area contributed by atoms with Gasteiger partial charge in [0.25, 0.3) is 0 Å². The Morgan fingerprint density at radius 1 is 1.00 bits per heavy atom. The highest BCUT2D eigenvalue weighted by Gasteiger charge is 1.85. The number of hydrogen-bond acceptors (Lipinski definition) is 0. The summed E-state index contributed by atoms with van der Waals surface area (Å²) in [7, 11) is 1.07. The molecule has 0 heterocycles. The molecule has 0 radical (unpaired) electrons. The van der Waals surface area contributed by atoms with Crippen LogP contribution in [0.25, 0.3) is 0 Å². The van der Waals surface area contributed by atoms with Crippen molar-refractivity contribution in [2.45, 2.75) is 52.4 Å². The molecule has 72 valence electrons. The summed E-state index contributed by atoms with van der Waals surface area (Å²) in [5.41, 5.74) is 0. The van der Waals surface area contributed by atoms with Crippen LogP contribution in [0.3, 0.4) is 0 Å². The first kappa shape index (κ1) is 12.2. The van der Waals surface area contributed by atoms with Crippen molar-refractivity contribution in [2.24, 2.45) is 0 Å². The molecule has 0 saturated heterocycles. The summed E-state index contributed by atoms with van der Waals surface area (Å²) < 4.78 is 0. The van der Waals surface area contributed by atoms with Crippen LogP contribution in [0, 0.1) is 0 Å². The van der Waals surface area contributed by atoms with Gasteiger partial charge in [0.15, 0.2) is 0 Å². The van der Waals surface area contributed by atoms with Gasteiger partial charge in [-0.25, -0.2) is 0 Å². The van der Waals surface area contributed by atoms with Crippen molar-refractivity contribution in [3.8, 4) is 0 Å². The lowest BCUT2D eigenvalue weighted by Crippen LogP contribution is -1.76. The molecule has 1 heteroatoms. The Morgan fingerprint density at radius 3 is 2.50 bits per heavy atom. The van der Waals surface area contributed by atoms with E-state index in [1.165, 1.54) is 44.7 Å². The Labute approximate surface area is 79.6 Å². The Bertz CT molecular complexity index is 97.2. The molecule has 0 bridgehead atoms. The minimum Gasteiger partial charge on any atom is -0.0987 e. The van der Waals surface area contributed by atoms with Gasteiger partial charge in [0, 0.05) is 0 Å². The summed E-state index contributed by atoms with van der Waals surface area (Å²) in [6, 6.07) is 0. The van der Waals surface area contributed by atoms with Crippen LogP contribution in [0.2, 0.25) is 0 Å². The minimum atomic E-state index is 1.07. The third-order valence-corrected chi connectivity index (χ3v) is 2.98. The van der Waals surface area contributed by atoms with Crippen LogP contribution < -0.4 is 0 Å². The van der Waals surface area contributed by atoms with Crippen LogP contribution in [0.1, 0.15) is 52.4 Å². The van der Waals surface area contributed by atoms with Crippen LogP contribution in [-0.2, 0) is 0 Å². The Morgan fingerprint density at radius 2 is 1.83 bits per heavy atom. The molecule has 0 aromatic carbocycles. The highest BCUT2D eigenvalue weighted by atomic mass is 31.1. The predicted octanol–water partition coefficient (Wildman–Crippen LogP) is 4.56. The van der Waals surface area contributed by atoms with Crippen molar-refractivity contribution < 1.29 is 0 Å². The van der Waals surface area contributed by atoms with Crippen molar-refractivity contribution >= 4 is 8.58 Å². The molecule has 0 spiro atoms. The number of rotatable bonds is 8. The lowest BCUT2D eigenvalue weighted by Gasteiger charge is -1.95. The minimum absolute atomic E-state index is 1.07. The summed E-state index contributed by atoms with van der Waals surface area (Å²) in [4.78, 5) is 0. The molecular weight excluding hydrogens is 163 g/mol. The molecule has 0 nitrogen and oxygen atoms in total. The van der Waals surface area contributed by atoms with Gasteiger partial charge < -0.3 is 0 Å². The SMILES string of the molecule is CCCC=CPCCCCCC. The first-order valence-electron chi connectivity index (χ1n) is 5.30. The smallest absolute Gasteiger partial charge is 0.0319 e. The molecular formula is C11H23P. The van der Waals surface area contributed by atoms with Crippen molar-refractivity contribution in [1.29, 1.82) is 0 Å². The van der Waals surface area contributed by atoms with Gasteiger partial charge in [0.2, 0.25) is 0 Å². The third-order valence-electron chi connectivity index (χ3n) is 1.87. The summed E-state index contributed by atoms with van der Waals surface area (Å²) in [5, 5.41) is 0. The zero-order valence-electron chi connectivity index (χ0n) is 8.60. The standard InChI is InChI=1S/C11H23P/c1-3-5-7-9-11-12-10-8-6-4-2/h8,10,12H,3-7,9,11H2,1-2H3. The topological polar surface area (TPSA) is 0 Å². The van der Waals surface area contributed by atoms with E-state index in [4.69, 9.17) is 0 Å². The summed E-state index contributed by atoms with van der Waals surface area (Å²) in [6.07, 6.45) is 11.9. The van der Waals surface area contributed by atoms with Crippen LogP contribution in [0.15, 0.2) is 11.9 Å². The fourth-order valence-corrected chi connectivity index (χ4v) is 2.02. The maximum absolute atomic E-state index is 2.37. The first-order chi connectivity index (χ1) is 5.91. The number of allylic oxidation sites excluding steroid dienone is 1. The second kappa shape index (κ2) is 11.2. The quantitative estimate of drug-likeness (QED) is 0.385. The average Bonchev–Trinajstić information content (AvgIpc) is 2.10. The van der Waals surface area contributed by atoms with Gasteiger partial charge in [-0.3, -0.25) is 0 Å². The van der Waals surface area contributed by atoms with Gasteiger partial charge in [-0.1, -0.05) is 60.0 Å².